The van der Waals surface area contributed by atoms with E-state index < -0.39 is 12.8 Å². The van der Waals surface area contributed by atoms with Crippen molar-refractivity contribution in [1.29, 1.82) is 0 Å². The Labute approximate surface area is 132 Å². The summed E-state index contributed by atoms with van der Waals surface area (Å²) in [6.45, 7) is 1.04. The van der Waals surface area contributed by atoms with Crippen LogP contribution in [-0.2, 0) is 4.79 Å². The van der Waals surface area contributed by atoms with Gasteiger partial charge in [0.2, 0.25) is 5.91 Å². The molecule has 2 saturated heterocycles. The average Bonchev–Trinajstić information content (AvgIpc) is 2.83. The number of carbonyl (C=O) groups excluding carboxylic acids is 1. The fourth-order valence-electron chi connectivity index (χ4n) is 3.32. The molecule has 7 heteroatoms. The Balaban J connectivity index is 1.67. The first-order valence-corrected chi connectivity index (χ1v) is 7.72. The van der Waals surface area contributed by atoms with Gasteiger partial charge in [-0.05, 0) is 56.6 Å². The smallest absolute Gasteiger partial charge is 0.422 e. The molecule has 0 radical (unpaired) electrons. The Morgan fingerprint density at radius 2 is 1.78 bits per heavy atom. The second kappa shape index (κ2) is 6.03. The van der Waals surface area contributed by atoms with Crippen LogP contribution >= 0.6 is 0 Å². The molecule has 0 bridgehead atoms. The van der Waals surface area contributed by atoms with Crippen LogP contribution in [0.5, 0.6) is 5.75 Å². The molecule has 23 heavy (non-hydrogen) atoms. The zero-order valence-electron chi connectivity index (χ0n) is 12.7. The van der Waals surface area contributed by atoms with Gasteiger partial charge in [-0.2, -0.15) is 13.2 Å². The van der Waals surface area contributed by atoms with Crippen molar-refractivity contribution < 1.29 is 22.7 Å². The minimum atomic E-state index is -4.36. The molecule has 1 aromatic carbocycles. The molecule has 1 amide bonds. The lowest BCUT2D eigenvalue weighted by Crippen LogP contribution is -2.42. The van der Waals surface area contributed by atoms with Crippen LogP contribution in [0.3, 0.4) is 0 Å². The number of anilines is 1. The van der Waals surface area contributed by atoms with Gasteiger partial charge in [0.05, 0.1) is 5.41 Å². The van der Waals surface area contributed by atoms with E-state index in [9.17, 15) is 18.0 Å². The summed E-state index contributed by atoms with van der Waals surface area (Å²) < 4.78 is 41.1. The number of benzene rings is 1. The molecule has 4 nitrogen and oxygen atoms in total. The molecular weight excluding hydrogens is 309 g/mol. The van der Waals surface area contributed by atoms with E-state index in [4.69, 9.17) is 0 Å². The molecular formula is C16H19F3N2O2. The van der Waals surface area contributed by atoms with Crippen molar-refractivity contribution in [1.82, 2.24) is 5.32 Å². The summed E-state index contributed by atoms with van der Waals surface area (Å²) >= 11 is 0. The minimum Gasteiger partial charge on any atom is -0.484 e. The van der Waals surface area contributed by atoms with Crippen LogP contribution in [0.25, 0.3) is 0 Å². The van der Waals surface area contributed by atoms with Crippen LogP contribution in [0, 0.1) is 5.41 Å². The highest BCUT2D eigenvalue weighted by atomic mass is 19.4. The van der Waals surface area contributed by atoms with Gasteiger partial charge in [0, 0.05) is 12.2 Å². The molecule has 126 valence electrons. The van der Waals surface area contributed by atoms with Crippen LogP contribution in [0.2, 0.25) is 0 Å². The van der Waals surface area contributed by atoms with Crippen molar-refractivity contribution in [2.75, 3.05) is 31.1 Å². The molecule has 0 saturated carbocycles. The number of amides is 1. The van der Waals surface area contributed by atoms with E-state index in [2.05, 4.69) is 10.1 Å². The molecule has 1 N–H and O–H groups in total. The summed E-state index contributed by atoms with van der Waals surface area (Å²) in [5.74, 6) is 0.275. The third-order valence-corrected chi connectivity index (χ3v) is 4.62. The zero-order chi connectivity index (χ0) is 16.5. The Hall–Kier alpha value is -1.76. The van der Waals surface area contributed by atoms with E-state index in [1.54, 1.807) is 17.0 Å². The van der Waals surface area contributed by atoms with Gasteiger partial charge >= 0.3 is 6.18 Å². The normalized spacial score (nSPS) is 21.0. The summed E-state index contributed by atoms with van der Waals surface area (Å²) in [6.07, 6.45) is -1.84. The lowest BCUT2D eigenvalue weighted by atomic mass is 9.78. The summed E-state index contributed by atoms with van der Waals surface area (Å²) in [6, 6.07) is 6.23. The van der Waals surface area contributed by atoms with Gasteiger partial charge in [-0.1, -0.05) is 0 Å². The zero-order valence-corrected chi connectivity index (χ0v) is 12.7. The van der Waals surface area contributed by atoms with E-state index in [-0.39, 0.29) is 17.1 Å². The number of nitrogens with one attached hydrogen (secondary N) is 1. The largest absolute Gasteiger partial charge is 0.484 e. The molecule has 2 aliphatic rings. The Morgan fingerprint density at radius 3 is 2.39 bits per heavy atom. The highest BCUT2D eigenvalue weighted by molar-refractivity contribution is 6.00. The number of carbonyl (C=O) groups is 1. The van der Waals surface area contributed by atoms with Crippen LogP contribution in [0.4, 0.5) is 18.9 Å². The van der Waals surface area contributed by atoms with Crippen LogP contribution in [0.1, 0.15) is 19.3 Å². The molecule has 0 atom stereocenters. The number of nitrogens with zero attached hydrogens (tertiary/aromatic N) is 1. The first-order valence-electron chi connectivity index (χ1n) is 7.72. The first kappa shape index (κ1) is 16.1. The number of hydrogen-bond donors (Lipinski definition) is 1. The Kier molecular flexibility index (Phi) is 4.23. The van der Waals surface area contributed by atoms with Gasteiger partial charge in [0.1, 0.15) is 5.75 Å². The van der Waals surface area contributed by atoms with Crippen LogP contribution in [0.15, 0.2) is 24.3 Å². The predicted octanol–water partition coefficient (Wildman–Crippen LogP) is 2.73. The molecule has 0 unspecified atom stereocenters. The van der Waals surface area contributed by atoms with Gasteiger partial charge in [-0.15, -0.1) is 0 Å². The van der Waals surface area contributed by atoms with Crippen molar-refractivity contribution in [2.24, 2.45) is 5.41 Å². The molecule has 0 aromatic heterocycles. The predicted molar refractivity (Wildman–Crippen MR) is 79.5 cm³/mol. The lowest BCUT2D eigenvalue weighted by molar-refractivity contribution is -0.153. The summed E-state index contributed by atoms with van der Waals surface area (Å²) in [4.78, 5) is 14.5. The van der Waals surface area contributed by atoms with Crippen molar-refractivity contribution in [3.05, 3.63) is 24.3 Å². The van der Waals surface area contributed by atoms with E-state index in [0.717, 1.165) is 32.4 Å². The maximum absolute atomic E-state index is 12.7. The van der Waals surface area contributed by atoms with E-state index in [1.165, 1.54) is 12.1 Å². The SMILES string of the molecule is O=C1N(c2ccc(OCC(F)(F)F)cc2)CCC12CCNCC2. The van der Waals surface area contributed by atoms with E-state index in [1.807, 2.05) is 0 Å². The minimum absolute atomic E-state index is 0.128. The van der Waals surface area contributed by atoms with Gasteiger partial charge in [-0.25, -0.2) is 0 Å². The van der Waals surface area contributed by atoms with E-state index >= 15 is 0 Å². The van der Waals surface area contributed by atoms with Crippen molar-refractivity contribution >= 4 is 11.6 Å². The maximum atomic E-state index is 12.7. The average molecular weight is 328 g/mol. The number of rotatable bonds is 3. The van der Waals surface area contributed by atoms with Gasteiger partial charge in [-0.3, -0.25) is 4.79 Å². The molecule has 2 fully saturated rings. The monoisotopic (exact) mass is 328 g/mol. The standard InChI is InChI=1S/C16H19F3N2O2/c17-16(18,19)11-23-13-3-1-12(2-4-13)21-10-7-15(14(21)22)5-8-20-9-6-15/h1-4,20H,5-11H2. The van der Waals surface area contributed by atoms with Gasteiger partial charge in [0.25, 0.3) is 0 Å². The second-order valence-electron chi connectivity index (χ2n) is 6.13. The summed E-state index contributed by atoms with van der Waals surface area (Å²) in [7, 11) is 0. The number of hydrogen-bond acceptors (Lipinski definition) is 3. The summed E-state index contributed by atoms with van der Waals surface area (Å²) in [5.41, 5.74) is 0.446. The number of piperidine rings is 1. The molecule has 1 aromatic rings. The Morgan fingerprint density at radius 1 is 1.13 bits per heavy atom. The van der Waals surface area contributed by atoms with Gasteiger partial charge in [0.15, 0.2) is 6.61 Å². The van der Waals surface area contributed by atoms with E-state index in [0.29, 0.717) is 12.2 Å². The molecule has 3 rings (SSSR count). The van der Waals surface area contributed by atoms with Crippen LogP contribution in [-0.4, -0.2) is 38.3 Å². The number of halogens is 3. The lowest BCUT2D eigenvalue weighted by Gasteiger charge is -2.32. The molecule has 2 heterocycles. The topological polar surface area (TPSA) is 41.6 Å². The fraction of sp³-hybridized carbons (Fsp3) is 0.562. The third-order valence-electron chi connectivity index (χ3n) is 4.62. The van der Waals surface area contributed by atoms with Crippen LogP contribution < -0.4 is 15.0 Å². The molecule has 1 spiro atoms. The maximum Gasteiger partial charge on any atom is 0.422 e. The van der Waals surface area contributed by atoms with Crippen molar-refractivity contribution in [3.8, 4) is 5.75 Å². The number of alkyl halides is 3. The third kappa shape index (κ3) is 3.44. The second-order valence-corrected chi connectivity index (χ2v) is 6.13. The number of ether oxygens (including phenoxy) is 1. The highest BCUT2D eigenvalue weighted by Crippen LogP contribution is 2.41. The molecule has 2 aliphatic heterocycles. The molecule has 0 aliphatic carbocycles. The van der Waals surface area contributed by atoms with Crippen molar-refractivity contribution in [2.45, 2.75) is 25.4 Å². The first-order chi connectivity index (χ1) is 10.9. The Bertz CT molecular complexity index is 566. The highest BCUT2D eigenvalue weighted by Gasteiger charge is 2.47. The fourth-order valence-corrected chi connectivity index (χ4v) is 3.32. The summed E-state index contributed by atoms with van der Waals surface area (Å²) in [5, 5.41) is 3.27. The quantitative estimate of drug-likeness (QED) is 0.928. The van der Waals surface area contributed by atoms with Gasteiger partial charge < -0.3 is 15.0 Å². The van der Waals surface area contributed by atoms with Crippen molar-refractivity contribution in [3.63, 3.8) is 0 Å².